The number of hydrogen-bond donors (Lipinski definition) is 1. The van der Waals surface area contributed by atoms with E-state index in [0.717, 1.165) is 32.2 Å². The van der Waals surface area contributed by atoms with E-state index >= 15 is 0 Å². The lowest BCUT2D eigenvalue weighted by molar-refractivity contribution is -0.272. The van der Waals surface area contributed by atoms with Gasteiger partial charge in [0.2, 0.25) is 17.3 Å². The summed E-state index contributed by atoms with van der Waals surface area (Å²) in [6.07, 6.45) is 1.70. The highest BCUT2D eigenvalue weighted by molar-refractivity contribution is 9.11. The van der Waals surface area contributed by atoms with Crippen LogP contribution < -0.4 is 0 Å². The van der Waals surface area contributed by atoms with Gasteiger partial charge in [-0.3, -0.25) is 0 Å². The zero-order valence-corrected chi connectivity index (χ0v) is 21.8. The van der Waals surface area contributed by atoms with Crippen LogP contribution in [-0.4, -0.2) is 67.4 Å². The minimum atomic E-state index is -2.51. The zero-order chi connectivity index (χ0) is 25.9. The molecule has 1 aromatic carbocycles. The number of carbonyl (C=O) groups is 3. The third-order valence-electron chi connectivity index (χ3n) is 6.57. The summed E-state index contributed by atoms with van der Waals surface area (Å²) < 4.78 is 27.3. The van der Waals surface area contributed by atoms with Gasteiger partial charge in [-0.05, 0) is 35.2 Å². The van der Waals surface area contributed by atoms with Gasteiger partial charge in [-0.2, -0.15) is 0 Å². The second-order valence-electron chi connectivity index (χ2n) is 8.89. The molecule has 9 nitrogen and oxygen atoms in total. The SMILES string of the molecule is COC(=O)C1OC2(CC/C(Br)=C/[C@H](C)Cc3ccccc3)CCC(O)(C(=O)OC)C1(C(=O)OC)O2. The van der Waals surface area contributed by atoms with Crippen molar-refractivity contribution in [2.45, 2.75) is 62.1 Å². The first-order valence-corrected chi connectivity index (χ1v) is 12.1. The third kappa shape index (κ3) is 5.02. The summed E-state index contributed by atoms with van der Waals surface area (Å²) >= 11 is 3.60. The van der Waals surface area contributed by atoms with E-state index in [1.165, 1.54) is 5.56 Å². The van der Waals surface area contributed by atoms with Crippen molar-refractivity contribution < 1.29 is 43.2 Å². The number of fused-ring (bicyclic) bond motifs is 2. The fourth-order valence-corrected chi connectivity index (χ4v) is 5.48. The van der Waals surface area contributed by atoms with Crippen LogP contribution in [0.4, 0.5) is 0 Å². The highest BCUT2D eigenvalue weighted by atomic mass is 79.9. The van der Waals surface area contributed by atoms with Gasteiger partial charge in [-0.1, -0.05) is 59.3 Å². The first kappa shape index (κ1) is 27.3. The van der Waals surface area contributed by atoms with Gasteiger partial charge in [-0.25, -0.2) is 14.4 Å². The van der Waals surface area contributed by atoms with Crippen molar-refractivity contribution in [3.05, 3.63) is 46.5 Å². The quantitative estimate of drug-likeness (QED) is 0.363. The molecule has 0 spiro atoms. The highest BCUT2D eigenvalue weighted by Gasteiger charge is 2.79. The average molecular weight is 555 g/mol. The fraction of sp³-hybridized carbons (Fsp3) is 0.560. The number of rotatable bonds is 9. The van der Waals surface area contributed by atoms with E-state index in [4.69, 9.17) is 23.7 Å². The Balaban J connectivity index is 1.85. The second kappa shape index (κ2) is 10.8. The van der Waals surface area contributed by atoms with Gasteiger partial charge in [0.25, 0.3) is 0 Å². The number of ether oxygens (including phenoxy) is 5. The Hall–Kier alpha value is -2.27. The first-order chi connectivity index (χ1) is 16.6. The second-order valence-corrected chi connectivity index (χ2v) is 9.91. The third-order valence-corrected chi connectivity index (χ3v) is 7.23. The lowest BCUT2D eigenvalue weighted by atomic mass is 9.73. The van der Waals surface area contributed by atoms with Crippen molar-refractivity contribution in [3.63, 3.8) is 0 Å². The maximum atomic E-state index is 13.0. The molecule has 192 valence electrons. The number of benzene rings is 1. The Labute approximate surface area is 212 Å². The molecule has 2 fully saturated rings. The predicted molar refractivity (Wildman–Crippen MR) is 127 cm³/mol. The minimum absolute atomic E-state index is 0.0324. The molecule has 2 saturated heterocycles. The molecule has 0 radical (unpaired) electrons. The Bertz CT molecular complexity index is 980. The van der Waals surface area contributed by atoms with Gasteiger partial charge >= 0.3 is 17.9 Å². The van der Waals surface area contributed by atoms with Crippen molar-refractivity contribution in [2.24, 2.45) is 5.92 Å². The number of methoxy groups -OCH3 is 3. The van der Waals surface area contributed by atoms with Gasteiger partial charge in [0.1, 0.15) is 0 Å². The summed E-state index contributed by atoms with van der Waals surface area (Å²) in [6.45, 7) is 2.10. The molecule has 10 heteroatoms. The molecule has 35 heavy (non-hydrogen) atoms. The van der Waals surface area contributed by atoms with Crippen LogP contribution >= 0.6 is 15.9 Å². The Kier molecular flexibility index (Phi) is 8.41. The summed E-state index contributed by atoms with van der Waals surface area (Å²) in [6, 6.07) is 10.1. The van der Waals surface area contributed by atoms with Crippen LogP contribution in [0.5, 0.6) is 0 Å². The smallest absolute Gasteiger partial charge is 0.345 e. The Morgan fingerprint density at radius 2 is 1.77 bits per heavy atom. The molecule has 2 bridgehead atoms. The standard InChI is InChI=1S/C25H31BrO9/c1-16(14-17-8-6-5-7-9-17)15-18(26)10-11-23-12-13-24(30,21(28)32-3)25(35-23,22(29)33-4)19(34-23)20(27)31-2/h5-9,15-16,19,30H,10-14H2,1-4H3/b18-15-/t16-,19?,23?,24?,25?/m1/s1. The molecular formula is C25H31BrO9. The van der Waals surface area contributed by atoms with E-state index in [9.17, 15) is 19.5 Å². The molecule has 0 saturated carbocycles. The molecule has 1 N–H and O–H groups in total. The fourth-order valence-electron chi connectivity index (χ4n) is 4.83. The van der Waals surface area contributed by atoms with Gasteiger partial charge in [0.05, 0.1) is 21.3 Å². The summed E-state index contributed by atoms with van der Waals surface area (Å²) in [5, 5.41) is 11.3. The summed E-state index contributed by atoms with van der Waals surface area (Å²) in [5.74, 6) is -4.43. The van der Waals surface area contributed by atoms with E-state index in [-0.39, 0.29) is 25.2 Å². The topological polar surface area (TPSA) is 118 Å². The first-order valence-electron chi connectivity index (χ1n) is 11.3. The lowest BCUT2D eigenvalue weighted by Crippen LogP contribution is -2.72. The van der Waals surface area contributed by atoms with Crippen molar-refractivity contribution in [3.8, 4) is 0 Å². The average Bonchev–Trinajstić information content (AvgIpc) is 3.17. The van der Waals surface area contributed by atoms with Crippen molar-refractivity contribution in [1.82, 2.24) is 0 Å². The number of carbonyl (C=O) groups excluding carboxylic acids is 3. The van der Waals surface area contributed by atoms with Gasteiger partial charge < -0.3 is 28.8 Å². The van der Waals surface area contributed by atoms with Gasteiger partial charge in [0.15, 0.2) is 5.79 Å². The maximum absolute atomic E-state index is 13.0. The summed E-state index contributed by atoms with van der Waals surface area (Å²) in [7, 11) is 3.24. The zero-order valence-electron chi connectivity index (χ0n) is 20.2. The normalized spacial score (nSPS) is 30.9. The van der Waals surface area contributed by atoms with E-state index in [1.54, 1.807) is 0 Å². The maximum Gasteiger partial charge on any atom is 0.345 e. The Morgan fingerprint density at radius 1 is 1.11 bits per heavy atom. The van der Waals surface area contributed by atoms with Crippen molar-refractivity contribution in [1.29, 1.82) is 0 Å². The van der Waals surface area contributed by atoms with Crippen LogP contribution in [0, 0.1) is 5.92 Å². The molecule has 2 heterocycles. The van der Waals surface area contributed by atoms with Crippen LogP contribution in [0.2, 0.25) is 0 Å². The minimum Gasteiger partial charge on any atom is -0.467 e. The predicted octanol–water partition coefficient (Wildman–Crippen LogP) is 2.82. The molecular weight excluding hydrogens is 524 g/mol. The lowest BCUT2D eigenvalue weighted by Gasteiger charge is -2.45. The van der Waals surface area contributed by atoms with Crippen molar-refractivity contribution >= 4 is 33.8 Å². The molecule has 2 aliphatic rings. The molecule has 0 amide bonds. The summed E-state index contributed by atoms with van der Waals surface area (Å²) in [4.78, 5) is 38.3. The van der Waals surface area contributed by atoms with Crippen LogP contribution in [0.1, 0.15) is 38.2 Å². The number of aliphatic hydroxyl groups is 1. The van der Waals surface area contributed by atoms with E-state index in [0.29, 0.717) is 6.42 Å². The van der Waals surface area contributed by atoms with Crippen LogP contribution in [-0.2, 0) is 44.5 Å². The molecule has 0 aromatic heterocycles. The molecule has 2 aliphatic heterocycles. The molecule has 3 rings (SSSR count). The summed E-state index contributed by atoms with van der Waals surface area (Å²) in [5.41, 5.74) is -3.77. The van der Waals surface area contributed by atoms with E-state index in [1.807, 2.05) is 18.2 Å². The monoisotopic (exact) mass is 554 g/mol. The molecule has 4 unspecified atom stereocenters. The molecule has 5 atom stereocenters. The highest BCUT2D eigenvalue weighted by Crippen LogP contribution is 2.55. The van der Waals surface area contributed by atoms with E-state index in [2.05, 4.69) is 41.1 Å². The Morgan fingerprint density at radius 3 is 2.37 bits per heavy atom. The van der Waals surface area contributed by atoms with Crippen LogP contribution in [0.25, 0.3) is 0 Å². The number of halogens is 1. The van der Waals surface area contributed by atoms with Gasteiger partial charge in [-0.15, -0.1) is 0 Å². The van der Waals surface area contributed by atoms with E-state index < -0.39 is 41.0 Å². The van der Waals surface area contributed by atoms with Crippen LogP contribution in [0.3, 0.4) is 0 Å². The number of esters is 3. The van der Waals surface area contributed by atoms with Crippen LogP contribution in [0.15, 0.2) is 40.9 Å². The molecule has 0 aliphatic carbocycles. The number of allylic oxidation sites excluding steroid dienone is 2. The van der Waals surface area contributed by atoms with Gasteiger partial charge in [0, 0.05) is 12.8 Å². The largest absolute Gasteiger partial charge is 0.467 e. The van der Waals surface area contributed by atoms with Crippen molar-refractivity contribution in [2.75, 3.05) is 21.3 Å². The number of hydrogen-bond acceptors (Lipinski definition) is 9. The molecule has 1 aromatic rings.